The number of Topliss-reactive ketones (excluding diaryl/α,β-unsaturated/α-hetero) is 1. The molecule has 6 aliphatic heterocycles. The molecule has 46 nitrogen and oxygen atoms in total. The molecule has 6 fully saturated rings. The van der Waals surface area contributed by atoms with Crippen LogP contribution in [0.15, 0.2) is 24.3 Å². The minimum atomic E-state index is -3.71. The molecule has 0 aromatic heterocycles. The number of ether oxygens (including phenoxy) is 12. The largest absolute Gasteiger partial charge is 0.477 e. The Morgan fingerprint density at radius 1 is 0.419 bits per heavy atom. The van der Waals surface area contributed by atoms with Gasteiger partial charge < -0.3 is 195 Å². The maximum Gasteiger partial charge on any atom is 0.364 e. The van der Waals surface area contributed by atoms with E-state index in [2.05, 4.69) is 47.3 Å². The normalized spacial score (nSPS) is 34.1. The van der Waals surface area contributed by atoms with Gasteiger partial charge in [-0.3, -0.25) is 19.2 Å². The molecule has 6 rings (SSSR count). The highest BCUT2D eigenvalue weighted by Gasteiger charge is 2.65. The van der Waals surface area contributed by atoms with Gasteiger partial charge in [-0.2, -0.15) is 0 Å². The second-order valence-electron chi connectivity index (χ2n) is 36.4. The van der Waals surface area contributed by atoms with E-state index in [1.54, 1.807) is 6.08 Å². The first-order chi connectivity index (χ1) is 64.6. The van der Waals surface area contributed by atoms with E-state index in [0.29, 0.717) is 12.8 Å². The lowest BCUT2D eigenvalue weighted by Gasteiger charge is -2.53. The SMILES string of the molecule is CCCCCC/C=C\CCCCCCCCCC(=O)N[C@@H](CO[C@@H]1O[C@H](CO)[C@@H](O[C@@H]2O[C@H](CO)[C@H](O[C@@H]3O[C@H](CO)[C@H](O)[C@H](O)[C@H]3CC(C)=O)[C@H](O[C@]3(C(=O)O)C[C@H](O)[C@@H](NC(C)=O)C([C@H](O)[C@@H](CO)O[C@]4(C(=O)O)C[C@H](O)[C@@H](NC(C)=O)C([C@H](O)[C@@H](CO)O[C@]5(C(=O)O)C[C@H](O)[C@@H](NC(C)=O)C([C@H](O)[C@H](O)CO)O5)O4)O3)[C@H]2O)[C@H](O)[C@H]1O)[C@H](O)/C=C/CCCCCCCCCCCCC. The molecule has 46 heteroatoms. The zero-order chi connectivity index (χ0) is 101. The van der Waals surface area contributed by atoms with Gasteiger partial charge in [0.05, 0.1) is 101 Å². The maximum absolute atomic E-state index is 14.4. The Morgan fingerprint density at radius 3 is 1.24 bits per heavy atom. The highest BCUT2D eigenvalue weighted by atomic mass is 16.8. The first-order valence-electron chi connectivity index (χ1n) is 47.7. The summed E-state index contributed by atoms with van der Waals surface area (Å²) in [5.41, 5.74) is 0. The average molecular weight is 1960 g/mol. The molecule has 0 aromatic rings. The lowest BCUT2D eigenvalue weighted by atomic mass is 9.86. The van der Waals surface area contributed by atoms with Crippen molar-refractivity contribution in [3.8, 4) is 0 Å². The number of unbranched alkanes of at least 4 members (excludes halogenated alkanes) is 22. The van der Waals surface area contributed by atoms with Crippen LogP contribution in [0.1, 0.15) is 234 Å². The summed E-state index contributed by atoms with van der Waals surface area (Å²) in [6.07, 6.45) is -32.9. The van der Waals surface area contributed by atoms with E-state index >= 15 is 0 Å². The maximum atomic E-state index is 14.4. The van der Waals surface area contributed by atoms with Crippen molar-refractivity contribution in [3.63, 3.8) is 0 Å². The summed E-state index contributed by atoms with van der Waals surface area (Å²) in [6.45, 7) is -0.637. The Morgan fingerprint density at radius 2 is 0.809 bits per heavy atom. The van der Waals surface area contributed by atoms with Gasteiger partial charge in [0, 0.05) is 58.8 Å². The molecule has 26 N–H and O–H groups in total. The number of hydrogen-bond donors (Lipinski definition) is 26. The second-order valence-corrected chi connectivity index (χ2v) is 36.4. The monoisotopic (exact) mass is 1960 g/mol. The number of amides is 4. The molecule has 0 bridgehead atoms. The van der Waals surface area contributed by atoms with Crippen molar-refractivity contribution in [1.82, 2.24) is 21.3 Å². The van der Waals surface area contributed by atoms with Crippen LogP contribution < -0.4 is 21.3 Å². The summed E-state index contributed by atoms with van der Waals surface area (Å²) in [5, 5.41) is 261. The Balaban J connectivity index is 1.32. The fraction of sp³-hybridized carbons (Fsp3) is 0.867. The lowest BCUT2D eigenvalue weighted by Crippen LogP contribution is -2.72. The van der Waals surface area contributed by atoms with Crippen molar-refractivity contribution in [2.45, 2.75) is 441 Å². The molecule has 0 aliphatic carbocycles. The summed E-state index contributed by atoms with van der Waals surface area (Å²) in [6, 6.07) is -7.30. The van der Waals surface area contributed by atoms with Gasteiger partial charge in [-0.15, -0.1) is 0 Å². The number of allylic oxidation sites excluding steroid dienone is 3. The van der Waals surface area contributed by atoms with Gasteiger partial charge in [0.15, 0.2) is 18.9 Å². The van der Waals surface area contributed by atoms with Crippen LogP contribution in [0.4, 0.5) is 0 Å². The molecule has 0 saturated carbocycles. The first-order valence-corrected chi connectivity index (χ1v) is 47.7. The Bertz CT molecular complexity index is 3620. The van der Waals surface area contributed by atoms with E-state index in [-0.39, 0.29) is 6.42 Å². The number of rotatable bonds is 63. The Labute approximate surface area is 790 Å². The van der Waals surface area contributed by atoms with Gasteiger partial charge in [0.1, 0.15) is 122 Å². The van der Waals surface area contributed by atoms with Crippen LogP contribution in [0, 0.1) is 5.92 Å². The standard InChI is InChI=1S/C90H154N4O42/c1-7-9-11-13-15-17-19-21-22-24-26-28-30-32-34-36-64(110)94-53(54(105)35-33-31-29-27-25-23-20-18-16-14-12-10-8-2)47-125-83-74(117)73(116)76(62(45-99)127-83)129-84-75(118)81(77(63(46-100)128-84)130-82-52(37-48(3)101)68(111)70(113)59(42-96)126-82)136-90(87(123)124)40-57(108)67(93-51(6)104)80(135-90)72(115)61(44-98)132-89(86(121)122)39-56(107)66(92-50(5)103)79(134-89)71(114)60(43-97)131-88(85(119)120)38-55(106)65(91-49(4)102)78(133-88)69(112)58(109)41-95/h17,19,33,35,52-63,65-84,95-100,105-109,111-118H,7-16,18,20-32,34,36-47H2,1-6H3,(H,91,102)(H,92,103)(H,93,104)(H,94,110)(H,119,120)(H,121,122)(H,123,124)/b19-17-,35-33+/t52-,53+,54-,55+,56+,57+,58-,59-,60-,61-,62-,63-,65-,66-,67-,68-,69-,70+,71-,72-,73-,74-,75-,76-,77+,78?,79?,80?,81-,82+,83-,84+,88-,89-,90+/m1/s1. The number of carboxylic acid groups (broad SMARTS) is 3. The number of carbonyl (C=O) groups excluding carboxylic acids is 5. The Kier molecular flexibility index (Phi) is 51.9. The number of ketones is 1. The molecular weight excluding hydrogens is 1810 g/mol. The molecule has 136 heavy (non-hydrogen) atoms. The van der Waals surface area contributed by atoms with Gasteiger partial charge in [-0.05, 0) is 51.9 Å². The molecule has 0 aromatic carbocycles. The van der Waals surface area contributed by atoms with Crippen molar-refractivity contribution in [1.29, 1.82) is 0 Å². The first kappa shape index (κ1) is 119. The van der Waals surface area contributed by atoms with Gasteiger partial charge in [-0.1, -0.05) is 154 Å². The molecule has 6 saturated heterocycles. The fourth-order valence-electron chi connectivity index (χ4n) is 18.0. The van der Waals surface area contributed by atoms with Crippen LogP contribution in [0.2, 0.25) is 0 Å². The van der Waals surface area contributed by atoms with Gasteiger partial charge in [-0.25, -0.2) is 14.4 Å². The van der Waals surface area contributed by atoms with Crippen LogP contribution in [-0.4, -0.2) is 413 Å². The van der Waals surface area contributed by atoms with Gasteiger partial charge in [0.2, 0.25) is 23.6 Å². The van der Waals surface area contributed by atoms with E-state index < -0.39 is 332 Å². The molecule has 6 aliphatic rings. The van der Waals surface area contributed by atoms with Crippen LogP contribution >= 0.6 is 0 Å². The van der Waals surface area contributed by atoms with Crippen LogP contribution in [0.3, 0.4) is 0 Å². The number of aliphatic hydroxyl groups is 19. The molecule has 35 atom stereocenters. The lowest BCUT2D eigenvalue weighted by molar-refractivity contribution is -0.404. The summed E-state index contributed by atoms with van der Waals surface area (Å²) in [7, 11) is 0. The predicted octanol–water partition coefficient (Wildman–Crippen LogP) is -3.65. The third-order valence-corrected chi connectivity index (χ3v) is 25.4. The number of aliphatic carboxylic acids is 3. The summed E-state index contributed by atoms with van der Waals surface area (Å²) >= 11 is 0. The Hall–Kier alpha value is -5.80. The van der Waals surface area contributed by atoms with Crippen molar-refractivity contribution in [2.75, 3.05) is 46.2 Å². The van der Waals surface area contributed by atoms with E-state index in [1.165, 1.54) is 70.3 Å². The minimum Gasteiger partial charge on any atom is -0.477 e. The van der Waals surface area contributed by atoms with Crippen LogP contribution in [0.5, 0.6) is 0 Å². The smallest absolute Gasteiger partial charge is 0.364 e. The number of carbonyl (C=O) groups is 8. The van der Waals surface area contributed by atoms with Crippen molar-refractivity contribution >= 4 is 47.3 Å². The summed E-state index contributed by atoms with van der Waals surface area (Å²) in [5.74, 6) is -23.6. The van der Waals surface area contributed by atoms with Crippen LogP contribution in [0.25, 0.3) is 0 Å². The summed E-state index contributed by atoms with van der Waals surface area (Å²) < 4.78 is 71.9. The highest BCUT2D eigenvalue weighted by molar-refractivity contribution is 5.79. The van der Waals surface area contributed by atoms with E-state index in [0.717, 1.165) is 111 Å². The zero-order valence-electron chi connectivity index (χ0n) is 78.5. The third kappa shape index (κ3) is 34.2. The van der Waals surface area contributed by atoms with Crippen LogP contribution in [-0.2, 0) is 95.2 Å². The number of aliphatic hydroxyl groups excluding tert-OH is 19. The molecular formula is C90H154N4O42. The van der Waals surface area contributed by atoms with E-state index in [9.17, 15) is 151 Å². The molecule has 0 spiro atoms. The minimum absolute atomic E-state index is 0.0738. The van der Waals surface area contributed by atoms with E-state index in [4.69, 9.17) is 56.8 Å². The predicted molar refractivity (Wildman–Crippen MR) is 470 cm³/mol. The quantitative estimate of drug-likeness (QED) is 0.0206. The zero-order valence-corrected chi connectivity index (χ0v) is 78.5. The fourth-order valence-corrected chi connectivity index (χ4v) is 18.0. The van der Waals surface area contributed by atoms with Gasteiger partial charge >= 0.3 is 17.9 Å². The molecule has 3 unspecified atom stereocenters. The highest BCUT2D eigenvalue weighted by Crippen LogP contribution is 2.45. The summed E-state index contributed by atoms with van der Waals surface area (Å²) in [4.78, 5) is 107. The number of hydrogen-bond acceptors (Lipinski definition) is 39. The molecule has 6 heterocycles. The van der Waals surface area contributed by atoms with Crippen molar-refractivity contribution in [3.05, 3.63) is 24.3 Å². The van der Waals surface area contributed by atoms with Crippen molar-refractivity contribution in [2.24, 2.45) is 5.92 Å². The average Bonchev–Trinajstić information content (AvgIpc) is 0.732. The molecule has 0 radical (unpaired) electrons. The molecule has 786 valence electrons. The number of carboxylic acids is 3. The number of nitrogens with one attached hydrogen (secondary N) is 4. The topological polar surface area (TPSA) is 741 Å². The second kappa shape index (κ2) is 59.3. The third-order valence-electron chi connectivity index (χ3n) is 25.4. The molecule has 4 amide bonds. The van der Waals surface area contributed by atoms with Crippen molar-refractivity contribution < 1.29 is 208 Å². The van der Waals surface area contributed by atoms with E-state index in [1.807, 2.05) is 0 Å². The van der Waals surface area contributed by atoms with Gasteiger partial charge in [0.25, 0.3) is 17.4 Å².